The number of ether oxygens (including phenoxy) is 2. The third-order valence-electron chi connectivity index (χ3n) is 3.15. The number of hydrogen-bond donors (Lipinski definition) is 1. The maximum absolute atomic E-state index is 5.56. The van der Waals surface area contributed by atoms with Gasteiger partial charge in [0, 0.05) is 31.8 Å². The number of hydrogen-bond acceptors (Lipinski definition) is 4. The van der Waals surface area contributed by atoms with Crippen LogP contribution in [-0.2, 0) is 9.47 Å². The van der Waals surface area contributed by atoms with Crippen LogP contribution in [-0.4, -0.2) is 63.5 Å². The summed E-state index contributed by atoms with van der Waals surface area (Å²) >= 11 is 0. The van der Waals surface area contributed by atoms with E-state index in [1.807, 2.05) is 6.92 Å². The summed E-state index contributed by atoms with van der Waals surface area (Å²) in [7, 11) is 2.16. The molecular formula is C12H26N2O2. The Balaban J connectivity index is 2.34. The van der Waals surface area contributed by atoms with Crippen molar-refractivity contribution in [3.8, 4) is 0 Å². The summed E-state index contributed by atoms with van der Waals surface area (Å²) in [5.74, 6) is 0. The molecule has 0 saturated carbocycles. The summed E-state index contributed by atoms with van der Waals surface area (Å²) in [6.07, 6.45) is 1.11. The van der Waals surface area contributed by atoms with Crippen molar-refractivity contribution in [2.24, 2.45) is 0 Å². The maximum Gasteiger partial charge on any atom is 0.0636 e. The van der Waals surface area contributed by atoms with Gasteiger partial charge in [-0.05, 0) is 26.9 Å². The van der Waals surface area contributed by atoms with E-state index in [1.165, 1.54) is 0 Å². The van der Waals surface area contributed by atoms with Crippen LogP contribution in [0.1, 0.15) is 20.3 Å². The van der Waals surface area contributed by atoms with E-state index in [4.69, 9.17) is 9.47 Å². The molecule has 2 unspecified atom stereocenters. The van der Waals surface area contributed by atoms with E-state index in [1.54, 1.807) is 0 Å². The van der Waals surface area contributed by atoms with E-state index in [0.717, 1.165) is 45.9 Å². The molecule has 96 valence electrons. The van der Waals surface area contributed by atoms with Gasteiger partial charge >= 0.3 is 0 Å². The van der Waals surface area contributed by atoms with Gasteiger partial charge in [0.05, 0.1) is 13.2 Å². The van der Waals surface area contributed by atoms with Crippen molar-refractivity contribution in [3.05, 3.63) is 0 Å². The molecule has 1 saturated heterocycles. The monoisotopic (exact) mass is 230 g/mol. The molecule has 0 bridgehead atoms. The summed E-state index contributed by atoms with van der Waals surface area (Å²) in [5.41, 5.74) is 0. The lowest BCUT2D eigenvalue weighted by atomic mass is 10.0. The number of nitrogens with zero attached hydrogens (tertiary/aromatic N) is 1. The SMILES string of the molecule is CCNC1CCOCC1N(C)CCOCC. The Morgan fingerprint density at radius 3 is 2.94 bits per heavy atom. The van der Waals surface area contributed by atoms with Crippen LogP contribution in [0.15, 0.2) is 0 Å². The second-order valence-electron chi connectivity index (χ2n) is 4.27. The van der Waals surface area contributed by atoms with E-state index >= 15 is 0 Å². The van der Waals surface area contributed by atoms with E-state index in [9.17, 15) is 0 Å². The Hall–Kier alpha value is -0.160. The molecule has 2 atom stereocenters. The van der Waals surface area contributed by atoms with E-state index in [-0.39, 0.29) is 0 Å². The molecule has 1 heterocycles. The van der Waals surface area contributed by atoms with Crippen LogP contribution in [0.4, 0.5) is 0 Å². The molecule has 1 N–H and O–H groups in total. The summed E-state index contributed by atoms with van der Waals surface area (Å²) in [6.45, 7) is 9.52. The van der Waals surface area contributed by atoms with Gasteiger partial charge in [0.15, 0.2) is 0 Å². The van der Waals surface area contributed by atoms with Crippen LogP contribution in [0.25, 0.3) is 0 Å². The van der Waals surface area contributed by atoms with Crippen molar-refractivity contribution in [2.45, 2.75) is 32.4 Å². The minimum atomic E-state index is 0.481. The van der Waals surface area contributed by atoms with Gasteiger partial charge in [-0.1, -0.05) is 6.92 Å². The third kappa shape index (κ3) is 4.37. The first-order valence-electron chi connectivity index (χ1n) is 6.38. The van der Waals surface area contributed by atoms with Crippen LogP contribution in [0, 0.1) is 0 Å². The van der Waals surface area contributed by atoms with Gasteiger partial charge in [-0.3, -0.25) is 4.90 Å². The number of likely N-dealkylation sites (N-methyl/N-ethyl adjacent to an activating group) is 2. The molecule has 0 aromatic rings. The molecule has 1 aliphatic heterocycles. The van der Waals surface area contributed by atoms with Gasteiger partial charge < -0.3 is 14.8 Å². The molecule has 4 heteroatoms. The predicted molar refractivity (Wildman–Crippen MR) is 65.8 cm³/mol. The second kappa shape index (κ2) is 8.01. The quantitative estimate of drug-likeness (QED) is 0.654. The molecule has 1 fully saturated rings. The first-order chi connectivity index (χ1) is 7.79. The van der Waals surface area contributed by atoms with E-state index in [2.05, 4.69) is 24.2 Å². The summed E-state index contributed by atoms with van der Waals surface area (Å²) in [5, 5.41) is 3.54. The lowest BCUT2D eigenvalue weighted by Gasteiger charge is -2.38. The summed E-state index contributed by atoms with van der Waals surface area (Å²) in [6, 6.07) is 1.04. The minimum Gasteiger partial charge on any atom is -0.380 e. The number of nitrogens with one attached hydrogen (secondary N) is 1. The Bertz CT molecular complexity index is 176. The van der Waals surface area contributed by atoms with Crippen molar-refractivity contribution in [1.29, 1.82) is 0 Å². The van der Waals surface area contributed by atoms with Crippen molar-refractivity contribution in [2.75, 3.05) is 46.6 Å². The molecule has 0 spiro atoms. The Morgan fingerprint density at radius 2 is 2.25 bits per heavy atom. The van der Waals surface area contributed by atoms with E-state index in [0.29, 0.717) is 12.1 Å². The van der Waals surface area contributed by atoms with Crippen LogP contribution >= 0.6 is 0 Å². The van der Waals surface area contributed by atoms with Crippen LogP contribution in [0.2, 0.25) is 0 Å². The molecule has 0 aromatic heterocycles. The van der Waals surface area contributed by atoms with E-state index < -0.39 is 0 Å². The zero-order chi connectivity index (χ0) is 11.8. The van der Waals surface area contributed by atoms with Crippen LogP contribution in [0.5, 0.6) is 0 Å². The highest BCUT2D eigenvalue weighted by molar-refractivity contribution is 4.85. The second-order valence-corrected chi connectivity index (χ2v) is 4.27. The normalized spacial score (nSPS) is 26.2. The molecule has 0 aliphatic carbocycles. The highest BCUT2D eigenvalue weighted by atomic mass is 16.5. The van der Waals surface area contributed by atoms with Crippen LogP contribution < -0.4 is 5.32 Å². The number of rotatable bonds is 7. The highest BCUT2D eigenvalue weighted by Crippen LogP contribution is 2.12. The van der Waals surface area contributed by atoms with Gasteiger partial charge in [0.2, 0.25) is 0 Å². The largest absolute Gasteiger partial charge is 0.380 e. The zero-order valence-electron chi connectivity index (χ0n) is 10.9. The summed E-state index contributed by atoms with van der Waals surface area (Å²) < 4.78 is 11.0. The molecule has 16 heavy (non-hydrogen) atoms. The van der Waals surface area contributed by atoms with Crippen molar-refractivity contribution >= 4 is 0 Å². The fourth-order valence-corrected chi connectivity index (χ4v) is 2.18. The van der Waals surface area contributed by atoms with Gasteiger partial charge in [0.25, 0.3) is 0 Å². The average Bonchev–Trinajstić information content (AvgIpc) is 2.30. The van der Waals surface area contributed by atoms with Gasteiger partial charge in [-0.15, -0.1) is 0 Å². The Morgan fingerprint density at radius 1 is 1.44 bits per heavy atom. The average molecular weight is 230 g/mol. The lowest BCUT2D eigenvalue weighted by molar-refractivity contribution is -0.00248. The third-order valence-corrected chi connectivity index (χ3v) is 3.15. The first kappa shape index (κ1) is 13.9. The Labute approximate surface area is 99.3 Å². The topological polar surface area (TPSA) is 33.7 Å². The highest BCUT2D eigenvalue weighted by Gasteiger charge is 2.27. The fourth-order valence-electron chi connectivity index (χ4n) is 2.18. The standard InChI is InChI=1S/C12H26N2O2/c1-4-13-11-6-8-16-10-12(11)14(3)7-9-15-5-2/h11-13H,4-10H2,1-3H3. The minimum absolute atomic E-state index is 0.481. The molecule has 0 radical (unpaired) electrons. The maximum atomic E-state index is 5.56. The van der Waals surface area contributed by atoms with Crippen LogP contribution in [0.3, 0.4) is 0 Å². The molecular weight excluding hydrogens is 204 g/mol. The van der Waals surface area contributed by atoms with Crippen molar-refractivity contribution < 1.29 is 9.47 Å². The summed E-state index contributed by atoms with van der Waals surface area (Å²) in [4.78, 5) is 2.35. The van der Waals surface area contributed by atoms with Gasteiger partial charge in [-0.25, -0.2) is 0 Å². The zero-order valence-corrected chi connectivity index (χ0v) is 10.9. The fraction of sp³-hybridized carbons (Fsp3) is 1.00. The molecule has 1 aliphatic rings. The van der Waals surface area contributed by atoms with Crippen molar-refractivity contribution in [1.82, 2.24) is 10.2 Å². The predicted octanol–water partition coefficient (Wildman–Crippen LogP) is 0.722. The lowest BCUT2D eigenvalue weighted by Crippen LogP contribution is -2.54. The molecule has 0 amide bonds. The van der Waals surface area contributed by atoms with Gasteiger partial charge in [0.1, 0.15) is 0 Å². The van der Waals surface area contributed by atoms with Gasteiger partial charge in [-0.2, -0.15) is 0 Å². The molecule has 1 rings (SSSR count). The molecule has 4 nitrogen and oxygen atoms in total. The molecule has 0 aromatic carbocycles. The first-order valence-corrected chi connectivity index (χ1v) is 6.38. The Kier molecular flexibility index (Phi) is 6.96. The smallest absolute Gasteiger partial charge is 0.0636 e. The van der Waals surface area contributed by atoms with Crippen molar-refractivity contribution in [3.63, 3.8) is 0 Å².